The normalized spacial score (nSPS) is 13.9. The number of rotatable bonds is 2. The van der Waals surface area contributed by atoms with Crippen LogP contribution in [-0.4, -0.2) is 5.78 Å². The van der Waals surface area contributed by atoms with Gasteiger partial charge in [0.25, 0.3) is 0 Å². The third-order valence-corrected chi connectivity index (χ3v) is 9.04. The van der Waals surface area contributed by atoms with Crippen molar-refractivity contribution in [3.63, 3.8) is 0 Å². The molecular formula is C38H22O. The largest absolute Gasteiger partial charge is 0.289 e. The second-order valence-electron chi connectivity index (χ2n) is 10.8. The van der Waals surface area contributed by atoms with Crippen LogP contribution >= 0.6 is 0 Å². The van der Waals surface area contributed by atoms with Crippen molar-refractivity contribution < 1.29 is 4.79 Å². The van der Waals surface area contributed by atoms with Gasteiger partial charge in [0.15, 0.2) is 5.78 Å². The highest BCUT2D eigenvalue weighted by atomic mass is 16.1. The number of fused-ring (bicyclic) bond motifs is 10. The van der Waals surface area contributed by atoms with Crippen LogP contribution in [0.2, 0.25) is 0 Å². The predicted molar refractivity (Wildman–Crippen MR) is 160 cm³/mol. The minimum atomic E-state index is -0.418. The predicted octanol–water partition coefficient (Wildman–Crippen LogP) is 9.05. The van der Waals surface area contributed by atoms with Crippen molar-refractivity contribution in [2.24, 2.45) is 0 Å². The zero-order chi connectivity index (χ0) is 25.7. The Morgan fingerprint density at radius 2 is 0.949 bits per heavy atom. The third kappa shape index (κ3) is 2.44. The van der Waals surface area contributed by atoms with E-state index in [0.29, 0.717) is 5.56 Å². The minimum absolute atomic E-state index is 0.0574. The van der Waals surface area contributed by atoms with Crippen molar-refractivity contribution in [2.75, 3.05) is 0 Å². The van der Waals surface area contributed by atoms with E-state index in [9.17, 15) is 4.79 Å². The molecule has 0 unspecified atom stereocenters. The zero-order valence-electron chi connectivity index (χ0n) is 21.1. The summed E-state index contributed by atoms with van der Waals surface area (Å²) in [5.41, 5.74) is 8.62. The third-order valence-electron chi connectivity index (χ3n) is 9.04. The van der Waals surface area contributed by atoms with Crippen molar-refractivity contribution in [1.29, 1.82) is 0 Å². The van der Waals surface area contributed by atoms with E-state index < -0.39 is 5.41 Å². The van der Waals surface area contributed by atoms with Gasteiger partial charge in [0.2, 0.25) is 0 Å². The lowest BCUT2D eigenvalue weighted by molar-refractivity contribution is 0.103. The van der Waals surface area contributed by atoms with E-state index in [4.69, 9.17) is 0 Å². The Labute approximate surface area is 226 Å². The molecule has 7 aromatic carbocycles. The zero-order valence-corrected chi connectivity index (χ0v) is 21.1. The second-order valence-corrected chi connectivity index (χ2v) is 10.8. The smallest absolute Gasteiger partial charge is 0.193 e. The van der Waals surface area contributed by atoms with Gasteiger partial charge in [-0.3, -0.25) is 4.79 Å². The molecule has 0 N–H and O–H groups in total. The summed E-state index contributed by atoms with van der Waals surface area (Å²) in [6.07, 6.45) is 0. The topological polar surface area (TPSA) is 17.1 Å². The van der Waals surface area contributed by atoms with Crippen LogP contribution < -0.4 is 0 Å². The summed E-state index contributed by atoms with van der Waals surface area (Å²) in [5, 5.41) is 7.92. The Hall–Kier alpha value is -5.01. The number of ketones is 1. The van der Waals surface area contributed by atoms with Crippen LogP contribution in [-0.2, 0) is 5.41 Å². The van der Waals surface area contributed by atoms with Crippen molar-refractivity contribution in [1.82, 2.24) is 0 Å². The molecule has 39 heavy (non-hydrogen) atoms. The van der Waals surface area contributed by atoms with Crippen LogP contribution in [0.15, 0.2) is 133 Å². The number of benzene rings is 7. The van der Waals surface area contributed by atoms with Gasteiger partial charge in [-0.1, -0.05) is 127 Å². The summed E-state index contributed by atoms with van der Waals surface area (Å²) >= 11 is 0. The van der Waals surface area contributed by atoms with Gasteiger partial charge in [-0.05, 0) is 71.8 Å². The lowest BCUT2D eigenvalue weighted by Gasteiger charge is -2.30. The minimum Gasteiger partial charge on any atom is -0.289 e. The Kier molecular flexibility index (Phi) is 3.93. The van der Waals surface area contributed by atoms with Gasteiger partial charge in [-0.25, -0.2) is 0 Å². The average Bonchev–Trinajstić information content (AvgIpc) is 3.48. The first kappa shape index (κ1) is 21.0. The van der Waals surface area contributed by atoms with Crippen molar-refractivity contribution in [3.05, 3.63) is 167 Å². The van der Waals surface area contributed by atoms with Crippen LogP contribution in [0.4, 0.5) is 0 Å². The first-order valence-electron chi connectivity index (χ1n) is 13.5. The van der Waals surface area contributed by atoms with Crippen LogP contribution in [0.25, 0.3) is 43.4 Å². The van der Waals surface area contributed by atoms with E-state index in [-0.39, 0.29) is 5.78 Å². The first-order valence-corrected chi connectivity index (χ1v) is 13.5. The molecule has 9 rings (SSSR count). The van der Waals surface area contributed by atoms with Crippen molar-refractivity contribution >= 4 is 38.1 Å². The molecule has 2 aliphatic rings. The van der Waals surface area contributed by atoms with Gasteiger partial charge in [0.05, 0.1) is 5.41 Å². The molecule has 0 aromatic heterocycles. The van der Waals surface area contributed by atoms with E-state index in [1.807, 2.05) is 36.4 Å². The highest BCUT2D eigenvalue weighted by Gasteiger charge is 2.50. The molecule has 0 atom stereocenters. The number of hydrogen-bond acceptors (Lipinski definition) is 1. The molecule has 0 fully saturated rings. The molecule has 0 saturated heterocycles. The van der Waals surface area contributed by atoms with Gasteiger partial charge in [-0.15, -0.1) is 0 Å². The molecule has 2 aliphatic carbocycles. The maximum atomic E-state index is 13.5. The average molecular weight is 495 g/mol. The molecule has 0 aliphatic heterocycles. The maximum absolute atomic E-state index is 13.5. The van der Waals surface area contributed by atoms with Crippen LogP contribution in [0.3, 0.4) is 0 Å². The van der Waals surface area contributed by atoms with Crippen molar-refractivity contribution in [2.45, 2.75) is 5.41 Å². The Morgan fingerprint density at radius 3 is 1.64 bits per heavy atom. The first-order chi connectivity index (χ1) is 19.3. The Morgan fingerprint density at radius 1 is 0.410 bits per heavy atom. The number of carbonyl (C=O) groups excluding carboxylic acids is 1. The fraction of sp³-hybridized carbons (Fsp3) is 0.0263. The van der Waals surface area contributed by atoms with Crippen molar-refractivity contribution in [3.8, 4) is 11.1 Å². The van der Waals surface area contributed by atoms with E-state index in [0.717, 1.165) is 11.1 Å². The Balaban J connectivity index is 1.42. The maximum Gasteiger partial charge on any atom is 0.193 e. The van der Waals surface area contributed by atoms with Gasteiger partial charge in [0, 0.05) is 11.1 Å². The number of carbonyl (C=O) groups is 1. The molecule has 180 valence electrons. The summed E-state index contributed by atoms with van der Waals surface area (Å²) in [6.45, 7) is 0. The molecular weight excluding hydrogens is 472 g/mol. The van der Waals surface area contributed by atoms with Gasteiger partial charge >= 0.3 is 0 Å². The summed E-state index contributed by atoms with van der Waals surface area (Å²) in [5.74, 6) is 0.0574. The SMILES string of the molecule is O=C(c1ccccc1)c1ccc2c(c1)-c1ccccc1C21c2cccc3c4ccccc4c4cccc1c4c23. The van der Waals surface area contributed by atoms with Crippen LogP contribution in [0.5, 0.6) is 0 Å². The van der Waals surface area contributed by atoms with Crippen LogP contribution in [0, 0.1) is 0 Å². The fourth-order valence-electron chi connectivity index (χ4n) is 7.58. The van der Waals surface area contributed by atoms with Crippen LogP contribution in [0.1, 0.15) is 38.2 Å². The van der Waals surface area contributed by atoms with Gasteiger partial charge < -0.3 is 0 Å². The summed E-state index contributed by atoms with van der Waals surface area (Å²) in [7, 11) is 0. The lowest BCUT2D eigenvalue weighted by atomic mass is 9.70. The molecule has 0 radical (unpaired) electrons. The second kappa shape index (κ2) is 7.30. The highest BCUT2D eigenvalue weighted by Crippen LogP contribution is 2.63. The van der Waals surface area contributed by atoms with E-state index in [1.165, 1.54) is 60.1 Å². The molecule has 7 aromatic rings. The molecule has 0 amide bonds. The van der Waals surface area contributed by atoms with Gasteiger partial charge in [0.1, 0.15) is 0 Å². The van der Waals surface area contributed by atoms with E-state index >= 15 is 0 Å². The summed E-state index contributed by atoms with van der Waals surface area (Å²) in [6, 6.07) is 47.2. The number of hydrogen-bond donors (Lipinski definition) is 0. The molecule has 0 saturated carbocycles. The highest BCUT2D eigenvalue weighted by molar-refractivity contribution is 6.30. The summed E-state index contributed by atoms with van der Waals surface area (Å²) in [4.78, 5) is 13.5. The quantitative estimate of drug-likeness (QED) is 0.173. The fourth-order valence-corrected chi connectivity index (χ4v) is 7.58. The molecule has 1 nitrogen and oxygen atoms in total. The standard InChI is InChI=1S/C38H22O/c39-37(23-10-2-1-3-11-23)24-20-21-32-30(22-24)27-14-6-7-17-31(27)38(32)33-18-8-15-28-25-12-4-5-13-26(25)29-16-9-19-34(38)36(29)35(28)33/h1-22H. The molecule has 1 heteroatoms. The molecule has 0 heterocycles. The molecule has 0 bridgehead atoms. The summed E-state index contributed by atoms with van der Waals surface area (Å²) < 4.78 is 0. The Bertz CT molecular complexity index is 2100. The van der Waals surface area contributed by atoms with E-state index in [1.54, 1.807) is 0 Å². The lowest BCUT2D eigenvalue weighted by Crippen LogP contribution is -2.26. The molecule has 1 spiro atoms. The van der Waals surface area contributed by atoms with Gasteiger partial charge in [-0.2, -0.15) is 0 Å². The van der Waals surface area contributed by atoms with E-state index in [2.05, 4.69) is 97.1 Å². The monoisotopic (exact) mass is 494 g/mol.